The standard InChI is InChI=1S/C23H26N2O3/c1-25(2)22(19-9-6-10-20(14-19)27-3)15-24-23(26)16-28-21-12-11-17-7-4-5-8-18(17)13-21/h4-14,22H,15-16H2,1-3H3,(H,24,26)/p+1/t22-/m1/s1. The molecule has 3 aromatic rings. The van der Waals surface area contributed by atoms with Crippen LogP contribution in [0.5, 0.6) is 11.5 Å². The maximum atomic E-state index is 12.3. The fourth-order valence-electron chi connectivity index (χ4n) is 3.19. The number of rotatable bonds is 8. The number of carbonyl (C=O) groups is 1. The zero-order valence-electron chi connectivity index (χ0n) is 16.6. The normalized spacial score (nSPS) is 12.0. The summed E-state index contributed by atoms with van der Waals surface area (Å²) >= 11 is 0. The van der Waals surface area contributed by atoms with Gasteiger partial charge in [-0.25, -0.2) is 0 Å². The minimum absolute atomic E-state index is 0.00800. The molecule has 0 aromatic heterocycles. The van der Waals surface area contributed by atoms with Crippen LogP contribution < -0.4 is 19.7 Å². The largest absolute Gasteiger partial charge is 0.497 e. The molecule has 0 bridgehead atoms. The number of quaternary nitrogens is 1. The van der Waals surface area contributed by atoms with E-state index in [0.29, 0.717) is 12.3 Å². The number of methoxy groups -OCH3 is 1. The van der Waals surface area contributed by atoms with Gasteiger partial charge in [0, 0.05) is 5.56 Å². The predicted octanol–water partition coefficient (Wildman–Crippen LogP) is 2.23. The minimum atomic E-state index is -0.137. The highest BCUT2D eigenvalue weighted by atomic mass is 16.5. The van der Waals surface area contributed by atoms with E-state index in [9.17, 15) is 4.79 Å². The van der Waals surface area contributed by atoms with Crippen LogP contribution in [0.3, 0.4) is 0 Å². The summed E-state index contributed by atoms with van der Waals surface area (Å²) in [5.41, 5.74) is 1.12. The molecule has 0 unspecified atom stereocenters. The Morgan fingerprint density at radius 3 is 2.50 bits per heavy atom. The molecule has 0 aliphatic heterocycles. The molecule has 0 aliphatic rings. The van der Waals surface area contributed by atoms with Crippen molar-refractivity contribution in [2.45, 2.75) is 6.04 Å². The molecule has 0 spiro atoms. The lowest BCUT2D eigenvalue weighted by Crippen LogP contribution is -3.07. The Labute approximate surface area is 165 Å². The molecular weight excluding hydrogens is 352 g/mol. The molecule has 0 radical (unpaired) electrons. The van der Waals surface area contributed by atoms with Gasteiger partial charge in [0.1, 0.15) is 17.5 Å². The topological polar surface area (TPSA) is 52.0 Å². The highest BCUT2D eigenvalue weighted by Gasteiger charge is 2.19. The van der Waals surface area contributed by atoms with E-state index in [0.717, 1.165) is 22.1 Å². The SMILES string of the molecule is COc1cccc([C@@H](CNC(=O)COc2ccc3ccccc3c2)[NH+](C)C)c1. The second-order valence-electron chi connectivity index (χ2n) is 7.01. The van der Waals surface area contributed by atoms with E-state index < -0.39 is 0 Å². The third-order valence-corrected chi connectivity index (χ3v) is 4.79. The second kappa shape index (κ2) is 9.24. The quantitative estimate of drug-likeness (QED) is 0.631. The number of amides is 1. The van der Waals surface area contributed by atoms with Crippen molar-refractivity contribution >= 4 is 16.7 Å². The van der Waals surface area contributed by atoms with Gasteiger partial charge >= 0.3 is 0 Å². The Morgan fingerprint density at radius 1 is 0.964 bits per heavy atom. The van der Waals surface area contributed by atoms with Gasteiger partial charge in [-0.2, -0.15) is 0 Å². The van der Waals surface area contributed by atoms with Crippen molar-refractivity contribution < 1.29 is 19.2 Å². The van der Waals surface area contributed by atoms with Gasteiger partial charge < -0.3 is 19.7 Å². The molecule has 0 saturated carbocycles. The Kier molecular flexibility index (Phi) is 6.50. The first-order valence-electron chi connectivity index (χ1n) is 9.39. The summed E-state index contributed by atoms with van der Waals surface area (Å²) in [7, 11) is 5.80. The molecule has 5 heteroatoms. The zero-order valence-corrected chi connectivity index (χ0v) is 16.6. The molecule has 0 heterocycles. The monoisotopic (exact) mass is 379 g/mol. The number of nitrogens with one attached hydrogen (secondary N) is 2. The van der Waals surface area contributed by atoms with E-state index in [-0.39, 0.29) is 18.6 Å². The average Bonchev–Trinajstić information content (AvgIpc) is 2.72. The van der Waals surface area contributed by atoms with Crippen molar-refractivity contribution in [3.63, 3.8) is 0 Å². The van der Waals surface area contributed by atoms with E-state index in [1.165, 1.54) is 4.90 Å². The number of ether oxygens (including phenoxy) is 2. The predicted molar refractivity (Wildman–Crippen MR) is 111 cm³/mol. The van der Waals surface area contributed by atoms with E-state index >= 15 is 0 Å². The van der Waals surface area contributed by atoms with Crippen molar-refractivity contribution in [2.24, 2.45) is 0 Å². The van der Waals surface area contributed by atoms with Gasteiger partial charge in [-0.15, -0.1) is 0 Å². The molecule has 1 amide bonds. The lowest BCUT2D eigenvalue weighted by molar-refractivity contribution is -0.890. The molecule has 1 atom stereocenters. The minimum Gasteiger partial charge on any atom is -0.497 e. The van der Waals surface area contributed by atoms with Gasteiger partial charge in [-0.1, -0.05) is 42.5 Å². The summed E-state index contributed by atoms with van der Waals surface area (Å²) in [4.78, 5) is 13.5. The Balaban J connectivity index is 1.56. The van der Waals surface area contributed by atoms with Crippen LogP contribution in [0.2, 0.25) is 0 Å². The van der Waals surface area contributed by atoms with Gasteiger partial charge in [0.05, 0.1) is 27.7 Å². The van der Waals surface area contributed by atoms with Crippen LogP contribution in [0.1, 0.15) is 11.6 Å². The summed E-state index contributed by atoms with van der Waals surface area (Å²) in [5, 5.41) is 5.22. The van der Waals surface area contributed by atoms with Gasteiger partial charge in [-0.05, 0) is 35.0 Å². The van der Waals surface area contributed by atoms with E-state index in [4.69, 9.17) is 9.47 Å². The Morgan fingerprint density at radius 2 is 1.75 bits per heavy atom. The smallest absolute Gasteiger partial charge is 0.258 e. The van der Waals surface area contributed by atoms with E-state index in [1.54, 1.807) is 7.11 Å². The molecule has 5 nitrogen and oxygen atoms in total. The lowest BCUT2D eigenvalue weighted by atomic mass is 10.1. The fourth-order valence-corrected chi connectivity index (χ4v) is 3.19. The van der Waals surface area contributed by atoms with Crippen LogP contribution in [0.4, 0.5) is 0 Å². The van der Waals surface area contributed by atoms with Crippen LogP contribution >= 0.6 is 0 Å². The molecule has 28 heavy (non-hydrogen) atoms. The van der Waals surface area contributed by atoms with Gasteiger partial charge in [0.2, 0.25) is 0 Å². The fraction of sp³-hybridized carbons (Fsp3) is 0.261. The van der Waals surface area contributed by atoms with Crippen LogP contribution in [-0.4, -0.2) is 40.3 Å². The number of likely N-dealkylation sites (N-methyl/N-ethyl adjacent to an activating group) is 1. The molecule has 3 aromatic carbocycles. The Hall–Kier alpha value is -3.05. The molecule has 146 valence electrons. The number of hydrogen-bond acceptors (Lipinski definition) is 3. The molecule has 2 N–H and O–H groups in total. The van der Waals surface area contributed by atoms with Crippen LogP contribution in [0.15, 0.2) is 66.7 Å². The van der Waals surface area contributed by atoms with Crippen molar-refractivity contribution in [1.29, 1.82) is 0 Å². The van der Waals surface area contributed by atoms with Crippen LogP contribution in [-0.2, 0) is 4.79 Å². The second-order valence-corrected chi connectivity index (χ2v) is 7.01. The Bertz CT molecular complexity index is 940. The summed E-state index contributed by atoms with van der Waals surface area (Å²) in [5.74, 6) is 1.37. The summed E-state index contributed by atoms with van der Waals surface area (Å²) in [6, 6.07) is 22.0. The molecule has 0 fully saturated rings. The summed E-state index contributed by atoms with van der Waals surface area (Å²) in [6.45, 7) is 0.515. The zero-order chi connectivity index (χ0) is 19.9. The number of hydrogen-bond donors (Lipinski definition) is 2. The molecular formula is C23H27N2O3+. The number of carbonyl (C=O) groups excluding carboxylic acids is 1. The van der Waals surface area contributed by atoms with Gasteiger partial charge in [-0.3, -0.25) is 4.79 Å². The highest BCUT2D eigenvalue weighted by molar-refractivity contribution is 5.84. The summed E-state index contributed by atoms with van der Waals surface area (Å²) in [6.07, 6.45) is 0. The highest BCUT2D eigenvalue weighted by Crippen LogP contribution is 2.20. The molecule has 0 aliphatic carbocycles. The number of benzene rings is 3. The third-order valence-electron chi connectivity index (χ3n) is 4.79. The van der Waals surface area contributed by atoms with Crippen molar-refractivity contribution in [2.75, 3.05) is 34.4 Å². The first-order valence-corrected chi connectivity index (χ1v) is 9.39. The van der Waals surface area contributed by atoms with Crippen LogP contribution in [0.25, 0.3) is 10.8 Å². The van der Waals surface area contributed by atoms with Crippen molar-refractivity contribution in [1.82, 2.24) is 5.32 Å². The van der Waals surface area contributed by atoms with E-state index in [2.05, 4.69) is 25.5 Å². The first-order chi connectivity index (χ1) is 13.6. The maximum absolute atomic E-state index is 12.3. The maximum Gasteiger partial charge on any atom is 0.258 e. The molecule has 3 rings (SSSR count). The van der Waals surface area contributed by atoms with Crippen LogP contribution in [0, 0.1) is 0 Å². The van der Waals surface area contributed by atoms with Gasteiger partial charge in [0.15, 0.2) is 6.61 Å². The third kappa shape index (κ3) is 5.02. The van der Waals surface area contributed by atoms with Gasteiger partial charge in [0.25, 0.3) is 5.91 Å². The number of fused-ring (bicyclic) bond motifs is 1. The molecule has 0 saturated heterocycles. The van der Waals surface area contributed by atoms with Crippen molar-refractivity contribution in [3.05, 3.63) is 72.3 Å². The first kappa shape index (κ1) is 19.7. The van der Waals surface area contributed by atoms with E-state index in [1.807, 2.05) is 60.7 Å². The van der Waals surface area contributed by atoms with Crippen molar-refractivity contribution in [3.8, 4) is 11.5 Å². The summed E-state index contributed by atoms with van der Waals surface area (Å²) < 4.78 is 11.0. The average molecular weight is 379 g/mol. The lowest BCUT2D eigenvalue weighted by Gasteiger charge is -2.22.